The van der Waals surface area contributed by atoms with Gasteiger partial charge in [-0.2, -0.15) is 8.42 Å². The molecular formula is C20H38NO5S+. The van der Waals surface area contributed by atoms with Crippen molar-refractivity contribution in [2.45, 2.75) is 57.3 Å². The molecule has 0 saturated carbocycles. The lowest BCUT2D eigenvalue weighted by atomic mass is 10.1. The Morgan fingerprint density at radius 1 is 0.852 bits per heavy atom. The van der Waals surface area contributed by atoms with Gasteiger partial charge in [-0.3, -0.25) is 4.55 Å². The van der Waals surface area contributed by atoms with Crippen LogP contribution in [0.15, 0.2) is 29.2 Å². The van der Waals surface area contributed by atoms with Crippen molar-refractivity contribution < 1.29 is 27.7 Å². The zero-order chi connectivity index (χ0) is 20.8. The van der Waals surface area contributed by atoms with Crippen LogP contribution < -0.4 is 0 Å². The maximum atomic E-state index is 10.5. The molecule has 0 unspecified atom stereocenters. The maximum Gasteiger partial charge on any atom is 0.294 e. The first kappa shape index (κ1) is 26.0. The quantitative estimate of drug-likeness (QED) is 0.283. The number of likely N-dealkylation sites (N-methyl/N-ethyl adjacent to an activating group) is 1. The SMILES string of the molecule is CCCCCCCC[N+](C)(CCO)CCO.Cc1ccc(S(=O)(=O)O)cc1. The van der Waals surface area contributed by atoms with Crippen molar-refractivity contribution in [3.63, 3.8) is 0 Å². The van der Waals surface area contributed by atoms with Crippen LogP contribution in [0.1, 0.15) is 51.0 Å². The van der Waals surface area contributed by atoms with Gasteiger partial charge in [0.25, 0.3) is 10.1 Å². The Balaban J connectivity index is 0.000000533. The van der Waals surface area contributed by atoms with E-state index in [-0.39, 0.29) is 18.1 Å². The fraction of sp³-hybridized carbons (Fsp3) is 0.700. The normalized spacial score (nSPS) is 11.8. The summed E-state index contributed by atoms with van der Waals surface area (Å²) < 4.78 is 30.4. The van der Waals surface area contributed by atoms with E-state index < -0.39 is 10.1 Å². The van der Waals surface area contributed by atoms with E-state index in [1.807, 2.05) is 6.92 Å². The van der Waals surface area contributed by atoms with Crippen molar-refractivity contribution in [3.05, 3.63) is 29.8 Å². The van der Waals surface area contributed by atoms with E-state index in [4.69, 9.17) is 14.8 Å². The Morgan fingerprint density at radius 3 is 1.78 bits per heavy atom. The van der Waals surface area contributed by atoms with E-state index in [9.17, 15) is 8.42 Å². The van der Waals surface area contributed by atoms with E-state index in [1.165, 1.54) is 50.7 Å². The fourth-order valence-corrected chi connectivity index (χ4v) is 3.28. The molecule has 0 aliphatic rings. The largest absolute Gasteiger partial charge is 0.391 e. The summed E-state index contributed by atoms with van der Waals surface area (Å²) in [5.74, 6) is 0. The number of nitrogens with zero attached hydrogens (tertiary/aromatic N) is 1. The molecule has 1 aromatic rings. The van der Waals surface area contributed by atoms with Crippen LogP contribution in [-0.4, -0.2) is 67.6 Å². The molecule has 0 radical (unpaired) electrons. The summed E-state index contributed by atoms with van der Waals surface area (Å²) in [6.07, 6.45) is 7.80. The molecule has 27 heavy (non-hydrogen) atoms. The van der Waals surface area contributed by atoms with Crippen molar-refractivity contribution in [2.75, 3.05) is 39.9 Å². The second-order valence-corrected chi connectivity index (χ2v) is 8.71. The van der Waals surface area contributed by atoms with Crippen LogP contribution in [0.4, 0.5) is 0 Å². The molecule has 0 fully saturated rings. The average molecular weight is 405 g/mol. The molecule has 1 aromatic carbocycles. The highest BCUT2D eigenvalue weighted by Crippen LogP contribution is 2.10. The van der Waals surface area contributed by atoms with Gasteiger partial charge in [-0.25, -0.2) is 0 Å². The number of aliphatic hydroxyl groups is 2. The minimum atomic E-state index is -4.02. The van der Waals surface area contributed by atoms with E-state index in [0.717, 1.165) is 29.7 Å². The highest BCUT2D eigenvalue weighted by Gasteiger charge is 2.19. The first-order chi connectivity index (χ1) is 12.7. The van der Waals surface area contributed by atoms with E-state index in [0.29, 0.717) is 0 Å². The lowest BCUT2D eigenvalue weighted by Gasteiger charge is -2.33. The Labute approximate surface area is 165 Å². The zero-order valence-corrected chi connectivity index (χ0v) is 17.9. The van der Waals surface area contributed by atoms with E-state index in [1.54, 1.807) is 12.1 Å². The standard InChI is InChI=1S/C13H30NO2.C7H8O3S/c1-3-4-5-6-7-8-9-14(2,10-12-15)11-13-16;1-6-2-4-7(5-3-6)11(8,9)10/h15-16H,3-13H2,1-2H3;2-5H,1H3,(H,8,9,10)/q+1;. The zero-order valence-electron chi connectivity index (χ0n) is 17.1. The summed E-state index contributed by atoms with van der Waals surface area (Å²) in [7, 11) is -1.90. The summed E-state index contributed by atoms with van der Waals surface area (Å²) in [6.45, 7) is 7.10. The maximum absolute atomic E-state index is 10.5. The van der Waals surface area contributed by atoms with E-state index >= 15 is 0 Å². The summed E-state index contributed by atoms with van der Waals surface area (Å²) in [5.41, 5.74) is 0.956. The van der Waals surface area contributed by atoms with Gasteiger partial charge < -0.3 is 14.7 Å². The van der Waals surface area contributed by atoms with Gasteiger partial charge in [0.15, 0.2) is 0 Å². The van der Waals surface area contributed by atoms with Crippen LogP contribution in [0.25, 0.3) is 0 Å². The molecule has 158 valence electrons. The molecule has 0 amide bonds. The number of aliphatic hydroxyl groups excluding tert-OH is 2. The highest BCUT2D eigenvalue weighted by atomic mass is 32.2. The topological polar surface area (TPSA) is 94.8 Å². The number of rotatable bonds is 12. The summed E-state index contributed by atoms with van der Waals surface area (Å²) in [6, 6.07) is 5.99. The molecule has 7 heteroatoms. The lowest BCUT2D eigenvalue weighted by Crippen LogP contribution is -2.48. The van der Waals surface area contributed by atoms with Crippen LogP contribution in [0.2, 0.25) is 0 Å². The number of hydrogen-bond donors (Lipinski definition) is 3. The van der Waals surface area contributed by atoms with Crippen molar-refractivity contribution in [3.8, 4) is 0 Å². The van der Waals surface area contributed by atoms with Crippen molar-refractivity contribution in [2.24, 2.45) is 0 Å². The second-order valence-electron chi connectivity index (χ2n) is 7.29. The van der Waals surface area contributed by atoms with E-state index in [2.05, 4.69) is 14.0 Å². The third-order valence-corrected chi connectivity index (χ3v) is 5.52. The van der Waals surface area contributed by atoms with Crippen LogP contribution in [0, 0.1) is 6.92 Å². The predicted octanol–water partition coefficient (Wildman–Crippen LogP) is 3.02. The fourth-order valence-electron chi connectivity index (χ4n) is 2.80. The number of unbranched alkanes of at least 4 members (excludes halogenated alkanes) is 5. The predicted molar refractivity (Wildman–Crippen MR) is 109 cm³/mol. The molecule has 0 bridgehead atoms. The molecular weight excluding hydrogens is 366 g/mol. The van der Waals surface area contributed by atoms with Crippen molar-refractivity contribution in [1.82, 2.24) is 0 Å². The van der Waals surface area contributed by atoms with Gasteiger partial charge in [-0.1, -0.05) is 50.3 Å². The molecule has 6 nitrogen and oxygen atoms in total. The third kappa shape index (κ3) is 12.9. The Kier molecular flexibility index (Phi) is 13.6. The van der Waals surface area contributed by atoms with Crippen LogP contribution in [0.5, 0.6) is 0 Å². The monoisotopic (exact) mass is 404 g/mol. The van der Waals surface area contributed by atoms with Gasteiger partial charge >= 0.3 is 0 Å². The summed E-state index contributed by atoms with van der Waals surface area (Å²) in [5, 5.41) is 18.0. The Hall–Kier alpha value is -0.990. The summed E-state index contributed by atoms with van der Waals surface area (Å²) >= 11 is 0. The van der Waals surface area contributed by atoms with Gasteiger partial charge in [-0.15, -0.1) is 0 Å². The second kappa shape index (κ2) is 14.1. The van der Waals surface area contributed by atoms with Crippen LogP contribution >= 0.6 is 0 Å². The van der Waals surface area contributed by atoms with Gasteiger partial charge in [0.2, 0.25) is 0 Å². The average Bonchev–Trinajstić information content (AvgIpc) is 2.59. The number of benzene rings is 1. The van der Waals surface area contributed by atoms with Gasteiger partial charge in [0, 0.05) is 0 Å². The lowest BCUT2D eigenvalue weighted by molar-refractivity contribution is -0.910. The first-order valence-electron chi connectivity index (χ1n) is 9.78. The summed E-state index contributed by atoms with van der Waals surface area (Å²) in [4.78, 5) is -0.0666. The third-order valence-electron chi connectivity index (χ3n) is 4.65. The molecule has 0 aliphatic heterocycles. The molecule has 0 aliphatic carbocycles. The molecule has 0 heterocycles. The van der Waals surface area contributed by atoms with Crippen molar-refractivity contribution in [1.29, 1.82) is 0 Å². The minimum Gasteiger partial charge on any atom is -0.391 e. The smallest absolute Gasteiger partial charge is 0.294 e. The number of quaternary nitrogens is 1. The number of aryl methyl sites for hydroxylation is 1. The minimum absolute atomic E-state index is 0.0666. The molecule has 1 rings (SSSR count). The van der Waals surface area contributed by atoms with Crippen LogP contribution in [-0.2, 0) is 10.1 Å². The Morgan fingerprint density at radius 2 is 1.33 bits per heavy atom. The molecule has 0 saturated heterocycles. The van der Waals surface area contributed by atoms with Gasteiger partial charge in [0.1, 0.15) is 13.1 Å². The number of hydrogen-bond acceptors (Lipinski definition) is 4. The van der Waals surface area contributed by atoms with Crippen molar-refractivity contribution >= 4 is 10.1 Å². The molecule has 0 spiro atoms. The van der Waals surface area contributed by atoms with Gasteiger partial charge in [0.05, 0.1) is 31.7 Å². The Bertz CT molecular complexity index is 581. The highest BCUT2D eigenvalue weighted by molar-refractivity contribution is 7.85. The first-order valence-corrected chi connectivity index (χ1v) is 11.2. The van der Waals surface area contributed by atoms with Crippen LogP contribution in [0.3, 0.4) is 0 Å². The van der Waals surface area contributed by atoms with Gasteiger partial charge in [-0.05, 0) is 31.9 Å². The molecule has 3 N–H and O–H groups in total. The molecule has 0 aromatic heterocycles. The molecule has 0 atom stereocenters.